The number of H-pyrrole nitrogens is 1. The van der Waals surface area contributed by atoms with Gasteiger partial charge in [0.05, 0.1) is 6.10 Å². The van der Waals surface area contributed by atoms with Crippen molar-refractivity contribution in [2.75, 3.05) is 0 Å². The summed E-state index contributed by atoms with van der Waals surface area (Å²) in [6, 6.07) is 0.107. The van der Waals surface area contributed by atoms with Crippen molar-refractivity contribution in [3.63, 3.8) is 0 Å². The zero-order valence-electron chi connectivity index (χ0n) is 11.2. The molecule has 0 bridgehead atoms. The van der Waals surface area contributed by atoms with Crippen LogP contribution >= 0.6 is 0 Å². The first-order valence-electron chi connectivity index (χ1n) is 7.02. The van der Waals surface area contributed by atoms with Gasteiger partial charge in [-0.1, -0.05) is 6.42 Å². The summed E-state index contributed by atoms with van der Waals surface area (Å²) >= 11 is 0. The number of rotatable bonds is 1. The molecule has 0 aliphatic heterocycles. The van der Waals surface area contributed by atoms with Gasteiger partial charge in [0.2, 0.25) is 0 Å². The van der Waals surface area contributed by atoms with E-state index >= 15 is 0 Å². The molecule has 1 aromatic rings. The van der Waals surface area contributed by atoms with Gasteiger partial charge in [-0.2, -0.15) is 0 Å². The number of nitrogens with zero attached hydrogens (tertiary/aromatic N) is 1. The van der Waals surface area contributed by atoms with Gasteiger partial charge in [0, 0.05) is 17.8 Å². The van der Waals surface area contributed by atoms with Crippen LogP contribution in [0.2, 0.25) is 0 Å². The maximum Gasteiger partial charge on any atom is 0.328 e. The number of aromatic nitrogens is 2. The third-order valence-corrected chi connectivity index (χ3v) is 5.02. The van der Waals surface area contributed by atoms with Crippen LogP contribution in [-0.4, -0.2) is 20.8 Å². The Morgan fingerprint density at radius 2 is 2.16 bits per heavy atom. The van der Waals surface area contributed by atoms with Gasteiger partial charge in [0.25, 0.3) is 5.56 Å². The van der Waals surface area contributed by atoms with E-state index in [0.29, 0.717) is 5.56 Å². The highest BCUT2D eigenvalue weighted by Gasteiger charge is 2.47. The second-order valence-corrected chi connectivity index (χ2v) is 6.15. The maximum absolute atomic E-state index is 11.9. The molecule has 3 rings (SSSR count). The van der Waals surface area contributed by atoms with Gasteiger partial charge in [0.1, 0.15) is 0 Å². The zero-order chi connectivity index (χ0) is 13.6. The van der Waals surface area contributed by atoms with E-state index in [4.69, 9.17) is 0 Å². The van der Waals surface area contributed by atoms with Crippen LogP contribution in [0.3, 0.4) is 0 Å². The van der Waals surface area contributed by atoms with Gasteiger partial charge in [-0.15, -0.1) is 0 Å². The molecule has 1 spiro atoms. The van der Waals surface area contributed by atoms with Crippen molar-refractivity contribution < 1.29 is 5.11 Å². The van der Waals surface area contributed by atoms with E-state index in [1.54, 1.807) is 17.7 Å². The first-order chi connectivity index (χ1) is 9.02. The van der Waals surface area contributed by atoms with Gasteiger partial charge < -0.3 is 5.11 Å². The van der Waals surface area contributed by atoms with Crippen LogP contribution in [0.15, 0.2) is 15.8 Å². The van der Waals surface area contributed by atoms with Gasteiger partial charge in [0.15, 0.2) is 0 Å². The number of aliphatic hydroxyl groups is 1. The Balaban J connectivity index is 1.91. The third-order valence-electron chi connectivity index (χ3n) is 5.02. The first kappa shape index (κ1) is 12.7. The lowest BCUT2D eigenvalue weighted by Gasteiger charge is -2.27. The third kappa shape index (κ3) is 1.96. The topological polar surface area (TPSA) is 75.1 Å². The molecule has 0 saturated heterocycles. The fourth-order valence-corrected chi connectivity index (χ4v) is 3.87. The van der Waals surface area contributed by atoms with E-state index in [-0.39, 0.29) is 28.8 Å². The summed E-state index contributed by atoms with van der Waals surface area (Å²) in [6.45, 7) is 1.71. The molecule has 3 atom stereocenters. The van der Waals surface area contributed by atoms with E-state index in [0.717, 1.165) is 38.5 Å². The van der Waals surface area contributed by atoms with Gasteiger partial charge in [-0.3, -0.25) is 14.3 Å². The predicted molar refractivity (Wildman–Crippen MR) is 71.2 cm³/mol. The molecule has 104 valence electrons. The van der Waals surface area contributed by atoms with Crippen LogP contribution in [0.5, 0.6) is 0 Å². The summed E-state index contributed by atoms with van der Waals surface area (Å²) in [5.74, 6) is 0. The molecule has 2 aliphatic carbocycles. The molecule has 1 aromatic heterocycles. The number of nitrogens with one attached hydrogen (secondary N) is 1. The number of aromatic amines is 1. The highest BCUT2D eigenvalue weighted by atomic mass is 16.3. The highest BCUT2D eigenvalue weighted by molar-refractivity contribution is 5.05. The molecule has 2 N–H and O–H groups in total. The van der Waals surface area contributed by atoms with Crippen molar-refractivity contribution in [3.05, 3.63) is 32.6 Å². The van der Waals surface area contributed by atoms with Crippen LogP contribution < -0.4 is 11.2 Å². The minimum Gasteiger partial charge on any atom is -0.393 e. The van der Waals surface area contributed by atoms with Crippen molar-refractivity contribution >= 4 is 0 Å². The van der Waals surface area contributed by atoms with Gasteiger partial charge >= 0.3 is 5.69 Å². The Hall–Kier alpha value is -1.36. The molecular weight excluding hydrogens is 244 g/mol. The lowest BCUT2D eigenvalue weighted by molar-refractivity contribution is 0.0547. The fourth-order valence-electron chi connectivity index (χ4n) is 3.87. The molecule has 2 fully saturated rings. The number of aliphatic hydroxyl groups excluding tert-OH is 1. The molecule has 0 aromatic carbocycles. The number of hydrogen-bond donors (Lipinski definition) is 2. The Kier molecular flexibility index (Phi) is 2.89. The van der Waals surface area contributed by atoms with Crippen LogP contribution in [0.1, 0.15) is 50.1 Å². The molecule has 2 saturated carbocycles. The van der Waals surface area contributed by atoms with Crippen molar-refractivity contribution in [2.24, 2.45) is 5.41 Å². The molecular formula is C14H20N2O3. The molecule has 0 amide bonds. The number of aryl methyl sites for hydroxylation is 1. The summed E-state index contributed by atoms with van der Waals surface area (Å²) in [5, 5.41) is 10.2. The summed E-state index contributed by atoms with van der Waals surface area (Å²) in [6.07, 6.45) is 7.18. The average Bonchev–Trinajstić information content (AvgIpc) is 2.94. The fraction of sp³-hybridized carbons (Fsp3) is 0.714. The smallest absolute Gasteiger partial charge is 0.328 e. The average molecular weight is 264 g/mol. The summed E-state index contributed by atoms with van der Waals surface area (Å²) in [4.78, 5) is 25.7. The van der Waals surface area contributed by atoms with Crippen LogP contribution in [0, 0.1) is 12.3 Å². The van der Waals surface area contributed by atoms with E-state index in [2.05, 4.69) is 4.98 Å². The van der Waals surface area contributed by atoms with E-state index in [1.807, 2.05) is 0 Å². The van der Waals surface area contributed by atoms with Crippen LogP contribution in [0.25, 0.3) is 0 Å². The van der Waals surface area contributed by atoms with E-state index in [1.165, 1.54) is 0 Å². The molecule has 0 unspecified atom stereocenters. The Morgan fingerprint density at radius 3 is 2.84 bits per heavy atom. The van der Waals surface area contributed by atoms with Crippen LogP contribution in [-0.2, 0) is 0 Å². The van der Waals surface area contributed by atoms with E-state index in [9.17, 15) is 14.7 Å². The quantitative estimate of drug-likeness (QED) is 0.797. The predicted octanol–water partition coefficient (Wildman–Crippen LogP) is 1.10. The van der Waals surface area contributed by atoms with Crippen LogP contribution in [0.4, 0.5) is 0 Å². The second-order valence-electron chi connectivity index (χ2n) is 6.15. The highest BCUT2D eigenvalue weighted by Crippen LogP contribution is 2.53. The maximum atomic E-state index is 11.9. The summed E-state index contributed by atoms with van der Waals surface area (Å²) in [5.41, 5.74) is -0.0683. The first-order valence-corrected chi connectivity index (χ1v) is 7.02. The Bertz CT molecular complexity index is 603. The second kappa shape index (κ2) is 4.34. The standard InChI is InChI=1S/C14H20N2O3/c1-9-8-16(13(19)15-12(9)18)10-4-6-14(7-10)5-2-3-11(14)17/h8,10-11,17H,2-7H2,1H3,(H,15,18,19)/t10-,11-,14+/m0/s1. The van der Waals surface area contributed by atoms with Crippen molar-refractivity contribution in [2.45, 2.75) is 57.6 Å². The monoisotopic (exact) mass is 264 g/mol. The minimum atomic E-state index is -0.329. The molecule has 5 nitrogen and oxygen atoms in total. The lowest BCUT2D eigenvalue weighted by Crippen LogP contribution is -2.34. The Morgan fingerprint density at radius 1 is 1.37 bits per heavy atom. The van der Waals surface area contributed by atoms with Gasteiger partial charge in [-0.05, 0) is 44.4 Å². The van der Waals surface area contributed by atoms with E-state index < -0.39 is 0 Å². The van der Waals surface area contributed by atoms with Crippen molar-refractivity contribution in [1.82, 2.24) is 9.55 Å². The molecule has 19 heavy (non-hydrogen) atoms. The van der Waals surface area contributed by atoms with Crippen molar-refractivity contribution in [3.8, 4) is 0 Å². The lowest BCUT2D eigenvalue weighted by atomic mass is 9.82. The zero-order valence-corrected chi connectivity index (χ0v) is 11.2. The Labute approximate surface area is 111 Å². The molecule has 2 aliphatic rings. The van der Waals surface area contributed by atoms with Crippen molar-refractivity contribution in [1.29, 1.82) is 0 Å². The molecule has 5 heteroatoms. The molecule has 0 radical (unpaired) electrons. The molecule has 1 heterocycles. The largest absolute Gasteiger partial charge is 0.393 e. The normalized spacial score (nSPS) is 34.2. The number of hydrogen-bond acceptors (Lipinski definition) is 3. The van der Waals surface area contributed by atoms with Gasteiger partial charge in [-0.25, -0.2) is 4.79 Å². The summed E-state index contributed by atoms with van der Waals surface area (Å²) in [7, 11) is 0. The summed E-state index contributed by atoms with van der Waals surface area (Å²) < 4.78 is 1.65. The SMILES string of the molecule is Cc1cn([C@H]2CC[C@]3(CCC[C@@H]3O)C2)c(=O)[nH]c1=O. The minimum absolute atomic E-state index is 0.00808.